The number of aliphatic hydroxyl groups excluding tert-OH is 2. The summed E-state index contributed by atoms with van der Waals surface area (Å²) in [5.41, 5.74) is 1.76. The van der Waals surface area contributed by atoms with E-state index >= 15 is 0 Å². The van der Waals surface area contributed by atoms with Crippen molar-refractivity contribution in [3.05, 3.63) is 71.8 Å². The molecular formula is C19H22O3. The molecule has 0 aliphatic heterocycles. The van der Waals surface area contributed by atoms with Crippen LogP contribution in [0.2, 0.25) is 0 Å². The van der Waals surface area contributed by atoms with Gasteiger partial charge in [-0.25, -0.2) is 0 Å². The summed E-state index contributed by atoms with van der Waals surface area (Å²) in [6, 6.07) is 18.8. The van der Waals surface area contributed by atoms with E-state index in [1.165, 1.54) is 6.92 Å². The highest BCUT2D eigenvalue weighted by Crippen LogP contribution is 2.27. The van der Waals surface area contributed by atoms with Crippen LogP contribution < -0.4 is 0 Å². The van der Waals surface area contributed by atoms with Gasteiger partial charge in [0.2, 0.25) is 0 Å². The van der Waals surface area contributed by atoms with Gasteiger partial charge in [-0.1, -0.05) is 60.7 Å². The van der Waals surface area contributed by atoms with Gasteiger partial charge in [0, 0.05) is 0 Å². The van der Waals surface area contributed by atoms with Crippen LogP contribution in [-0.2, 0) is 11.2 Å². The first kappa shape index (κ1) is 16.4. The molecule has 0 radical (unpaired) electrons. The lowest BCUT2D eigenvalue weighted by molar-refractivity contribution is -0.130. The Morgan fingerprint density at radius 1 is 0.955 bits per heavy atom. The molecule has 0 aliphatic rings. The summed E-state index contributed by atoms with van der Waals surface area (Å²) in [5.74, 6) is -0.997. The van der Waals surface area contributed by atoms with Crippen molar-refractivity contribution in [3.8, 4) is 0 Å². The zero-order valence-corrected chi connectivity index (χ0v) is 12.7. The summed E-state index contributed by atoms with van der Waals surface area (Å²) in [5, 5.41) is 20.8. The fourth-order valence-corrected chi connectivity index (χ4v) is 2.70. The highest BCUT2D eigenvalue weighted by Gasteiger charge is 2.31. The van der Waals surface area contributed by atoms with E-state index in [1.54, 1.807) is 12.1 Å². The lowest BCUT2D eigenvalue weighted by atomic mass is 9.85. The predicted octanol–water partition coefficient (Wildman–Crippen LogP) is 2.92. The third-order valence-corrected chi connectivity index (χ3v) is 3.94. The van der Waals surface area contributed by atoms with Crippen molar-refractivity contribution in [2.75, 3.05) is 0 Å². The summed E-state index contributed by atoms with van der Waals surface area (Å²) in [4.78, 5) is 11.9. The van der Waals surface area contributed by atoms with Crippen molar-refractivity contribution in [2.45, 2.75) is 32.0 Å². The molecule has 2 N–H and O–H groups in total. The first-order chi connectivity index (χ1) is 10.6. The van der Waals surface area contributed by atoms with E-state index in [0.717, 1.165) is 5.56 Å². The second kappa shape index (κ2) is 7.87. The number of ketones is 1. The van der Waals surface area contributed by atoms with Gasteiger partial charge in [0.15, 0.2) is 0 Å². The summed E-state index contributed by atoms with van der Waals surface area (Å²) in [7, 11) is 0. The summed E-state index contributed by atoms with van der Waals surface area (Å²) >= 11 is 0. The van der Waals surface area contributed by atoms with Gasteiger partial charge >= 0.3 is 0 Å². The van der Waals surface area contributed by atoms with Crippen LogP contribution >= 0.6 is 0 Å². The third-order valence-electron chi connectivity index (χ3n) is 3.94. The Morgan fingerprint density at radius 2 is 1.50 bits per heavy atom. The molecule has 3 atom stereocenters. The number of carbonyl (C=O) groups excluding carboxylic acids is 1. The van der Waals surface area contributed by atoms with E-state index in [4.69, 9.17) is 0 Å². The normalized spacial score (nSPS) is 15.0. The highest BCUT2D eigenvalue weighted by atomic mass is 16.3. The molecule has 0 aromatic heterocycles. The summed E-state index contributed by atoms with van der Waals surface area (Å²) in [6.07, 6.45) is -0.733. The Labute approximate surface area is 131 Å². The summed E-state index contributed by atoms with van der Waals surface area (Å²) < 4.78 is 0. The van der Waals surface area contributed by atoms with Gasteiger partial charge in [-0.3, -0.25) is 4.79 Å². The van der Waals surface area contributed by atoms with Crippen molar-refractivity contribution in [3.63, 3.8) is 0 Å². The molecule has 3 nitrogen and oxygen atoms in total. The van der Waals surface area contributed by atoms with Crippen molar-refractivity contribution < 1.29 is 15.0 Å². The van der Waals surface area contributed by atoms with Gasteiger partial charge in [0.25, 0.3) is 0 Å². The molecule has 0 saturated carbocycles. The van der Waals surface area contributed by atoms with Gasteiger partial charge in [-0.15, -0.1) is 0 Å². The zero-order valence-electron chi connectivity index (χ0n) is 12.7. The third kappa shape index (κ3) is 4.26. The van der Waals surface area contributed by atoms with Crippen LogP contribution in [-0.4, -0.2) is 22.1 Å². The van der Waals surface area contributed by atoms with Crippen LogP contribution in [0.15, 0.2) is 60.7 Å². The molecule has 0 spiro atoms. The van der Waals surface area contributed by atoms with E-state index in [2.05, 4.69) is 0 Å². The number of aryl methyl sites for hydroxylation is 1. The van der Waals surface area contributed by atoms with Crippen LogP contribution in [0.4, 0.5) is 0 Å². The van der Waals surface area contributed by atoms with Crippen molar-refractivity contribution in [2.24, 2.45) is 5.92 Å². The Hall–Kier alpha value is -1.97. The Kier molecular flexibility index (Phi) is 5.87. The van der Waals surface area contributed by atoms with Crippen LogP contribution in [0.25, 0.3) is 0 Å². The standard InChI is InChI=1S/C19H22O3/c1-14(20)18(19(22)16-10-6-3-7-11-16)17(21)13-12-15-8-4-2-5-9-15/h2-11,17-19,21-22H,12-13H2,1H3/t17-,18-,19+/m1/s1. The van der Waals surface area contributed by atoms with Gasteiger partial charge in [0.1, 0.15) is 5.78 Å². The lowest BCUT2D eigenvalue weighted by Gasteiger charge is -2.26. The fourth-order valence-electron chi connectivity index (χ4n) is 2.70. The van der Waals surface area contributed by atoms with E-state index in [0.29, 0.717) is 18.4 Å². The molecular weight excluding hydrogens is 276 g/mol. The number of Topliss-reactive ketones (excluding diaryl/α,β-unsaturated/α-hetero) is 1. The second-order valence-corrected chi connectivity index (χ2v) is 5.58. The topological polar surface area (TPSA) is 57.5 Å². The maximum Gasteiger partial charge on any atom is 0.138 e. The minimum atomic E-state index is -0.982. The zero-order chi connectivity index (χ0) is 15.9. The van der Waals surface area contributed by atoms with Crippen LogP contribution in [0.5, 0.6) is 0 Å². The van der Waals surface area contributed by atoms with E-state index in [-0.39, 0.29) is 5.78 Å². The molecule has 0 amide bonds. The van der Waals surface area contributed by atoms with E-state index in [1.807, 2.05) is 48.5 Å². The van der Waals surface area contributed by atoms with Crippen molar-refractivity contribution in [1.82, 2.24) is 0 Å². The predicted molar refractivity (Wildman–Crippen MR) is 86.3 cm³/mol. The minimum absolute atomic E-state index is 0.197. The monoisotopic (exact) mass is 298 g/mol. The van der Waals surface area contributed by atoms with Gasteiger partial charge < -0.3 is 10.2 Å². The molecule has 2 aromatic rings. The molecule has 0 fully saturated rings. The van der Waals surface area contributed by atoms with Crippen molar-refractivity contribution >= 4 is 5.78 Å². The second-order valence-electron chi connectivity index (χ2n) is 5.58. The van der Waals surface area contributed by atoms with Gasteiger partial charge in [0.05, 0.1) is 18.1 Å². The maximum absolute atomic E-state index is 11.9. The van der Waals surface area contributed by atoms with Crippen LogP contribution in [0, 0.1) is 5.92 Å². The molecule has 116 valence electrons. The van der Waals surface area contributed by atoms with Gasteiger partial charge in [-0.2, -0.15) is 0 Å². The molecule has 2 rings (SSSR count). The number of hydrogen-bond acceptors (Lipinski definition) is 3. The Balaban J connectivity index is 2.05. The smallest absolute Gasteiger partial charge is 0.138 e. The van der Waals surface area contributed by atoms with Crippen molar-refractivity contribution in [1.29, 1.82) is 0 Å². The SMILES string of the molecule is CC(=O)[C@H]([C@H](O)CCc1ccccc1)[C@@H](O)c1ccccc1. The fraction of sp³-hybridized carbons (Fsp3) is 0.316. The quantitative estimate of drug-likeness (QED) is 0.826. The van der Waals surface area contributed by atoms with E-state index < -0.39 is 18.1 Å². The largest absolute Gasteiger partial charge is 0.392 e. The average molecular weight is 298 g/mol. The number of aliphatic hydroxyl groups is 2. The molecule has 2 aromatic carbocycles. The van der Waals surface area contributed by atoms with Crippen LogP contribution in [0.1, 0.15) is 30.6 Å². The average Bonchev–Trinajstić information content (AvgIpc) is 2.54. The highest BCUT2D eigenvalue weighted by molar-refractivity contribution is 5.79. The summed E-state index contributed by atoms with van der Waals surface area (Å²) in [6.45, 7) is 1.42. The first-order valence-corrected chi connectivity index (χ1v) is 7.55. The number of carbonyl (C=O) groups is 1. The molecule has 0 aliphatic carbocycles. The molecule has 3 heteroatoms. The maximum atomic E-state index is 11.9. The molecule has 0 heterocycles. The number of rotatable bonds is 7. The van der Waals surface area contributed by atoms with Gasteiger partial charge in [-0.05, 0) is 30.9 Å². The molecule has 22 heavy (non-hydrogen) atoms. The first-order valence-electron chi connectivity index (χ1n) is 7.55. The number of benzene rings is 2. The molecule has 0 unspecified atom stereocenters. The molecule has 0 bridgehead atoms. The lowest BCUT2D eigenvalue weighted by Crippen LogP contribution is -2.32. The Morgan fingerprint density at radius 3 is 2.05 bits per heavy atom. The number of hydrogen-bond donors (Lipinski definition) is 2. The van der Waals surface area contributed by atoms with E-state index in [9.17, 15) is 15.0 Å². The minimum Gasteiger partial charge on any atom is -0.392 e. The molecule has 0 saturated heterocycles. The Bertz CT molecular complexity index is 580. The van der Waals surface area contributed by atoms with Crippen LogP contribution in [0.3, 0.4) is 0 Å².